The highest BCUT2D eigenvalue weighted by atomic mass is 32.1. The van der Waals surface area contributed by atoms with Gasteiger partial charge in [-0.2, -0.15) is 0 Å². The van der Waals surface area contributed by atoms with Gasteiger partial charge in [-0.15, -0.1) is 22.7 Å². The largest absolute Gasteiger partial charge is 0.480 e. The van der Waals surface area contributed by atoms with Gasteiger partial charge >= 0.3 is 5.97 Å². The number of amides is 1. The quantitative estimate of drug-likeness (QED) is 0.674. The fraction of sp³-hybridized carbons (Fsp3) is 0.368. The Labute approximate surface area is 159 Å². The van der Waals surface area contributed by atoms with Crippen LogP contribution in [0.2, 0.25) is 0 Å². The van der Waals surface area contributed by atoms with Crippen LogP contribution in [0.25, 0.3) is 19.5 Å². The standard InChI is InChI=1S/C19H20N2O3S2/c1-2-21(10-17(22)23)12-7-11(8-12)20-19(24)16-9-15-18(26-16)13-5-3-4-6-14(13)25-15/h3-6,9,11-12H,2,7-8,10H2,1H3,(H,20,24)(H,22,23). The molecule has 0 saturated heterocycles. The first-order valence-corrected chi connectivity index (χ1v) is 10.4. The number of thiophene rings is 2. The summed E-state index contributed by atoms with van der Waals surface area (Å²) in [6, 6.07) is 10.6. The number of nitrogens with zero attached hydrogens (tertiary/aromatic N) is 1. The van der Waals surface area contributed by atoms with Crippen molar-refractivity contribution in [3.63, 3.8) is 0 Å². The molecule has 0 radical (unpaired) electrons. The molecule has 1 saturated carbocycles. The first-order valence-electron chi connectivity index (χ1n) is 8.73. The Morgan fingerprint density at radius 3 is 2.73 bits per heavy atom. The highest BCUT2D eigenvalue weighted by Crippen LogP contribution is 2.39. The van der Waals surface area contributed by atoms with Gasteiger partial charge in [-0.3, -0.25) is 14.5 Å². The molecule has 4 rings (SSSR count). The number of carbonyl (C=O) groups excluding carboxylic acids is 1. The van der Waals surface area contributed by atoms with Crippen LogP contribution >= 0.6 is 22.7 Å². The Kier molecular flexibility index (Phi) is 4.69. The summed E-state index contributed by atoms with van der Waals surface area (Å²) >= 11 is 3.27. The number of aliphatic carboxylic acids is 1. The molecule has 136 valence electrons. The fourth-order valence-electron chi connectivity index (χ4n) is 3.54. The Hall–Kier alpha value is -1.96. The monoisotopic (exact) mass is 388 g/mol. The van der Waals surface area contributed by atoms with Crippen LogP contribution in [0, 0.1) is 0 Å². The SMILES string of the molecule is CCN(CC(=O)O)C1CC(NC(=O)c2cc3sc4ccccc4c3s2)C1. The lowest BCUT2D eigenvalue weighted by Crippen LogP contribution is -2.54. The second kappa shape index (κ2) is 6.98. The fourth-order valence-corrected chi connectivity index (χ4v) is 5.97. The summed E-state index contributed by atoms with van der Waals surface area (Å²) in [7, 11) is 0. The Morgan fingerprint density at radius 1 is 1.23 bits per heavy atom. The molecule has 1 aliphatic carbocycles. The molecule has 2 N–H and O–H groups in total. The second-order valence-corrected chi connectivity index (χ2v) is 8.79. The molecule has 1 amide bonds. The lowest BCUT2D eigenvalue weighted by Gasteiger charge is -2.42. The van der Waals surface area contributed by atoms with Crippen molar-refractivity contribution < 1.29 is 14.7 Å². The molecule has 2 heterocycles. The van der Waals surface area contributed by atoms with Crippen LogP contribution in [-0.2, 0) is 4.79 Å². The first-order chi connectivity index (χ1) is 12.5. The van der Waals surface area contributed by atoms with Crippen molar-refractivity contribution in [1.29, 1.82) is 0 Å². The van der Waals surface area contributed by atoms with Crippen LogP contribution < -0.4 is 5.32 Å². The molecule has 3 aromatic rings. The molecule has 1 fully saturated rings. The average Bonchev–Trinajstić information content (AvgIpc) is 3.13. The minimum atomic E-state index is -0.801. The number of nitrogens with one attached hydrogen (secondary N) is 1. The van der Waals surface area contributed by atoms with E-state index in [4.69, 9.17) is 5.11 Å². The predicted molar refractivity (Wildman–Crippen MR) is 106 cm³/mol. The van der Waals surface area contributed by atoms with E-state index < -0.39 is 5.97 Å². The van der Waals surface area contributed by atoms with E-state index in [0.29, 0.717) is 6.54 Å². The lowest BCUT2D eigenvalue weighted by atomic mass is 9.85. The van der Waals surface area contributed by atoms with E-state index in [9.17, 15) is 9.59 Å². The van der Waals surface area contributed by atoms with Crippen LogP contribution in [0.4, 0.5) is 0 Å². The molecule has 7 heteroatoms. The summed E-state index contributed by atoms with van der Waals surface area (Å²) in [6.45, 7) is 2.75. The molecule has 2 aromatic heterocycles. The average molecular weight is 389 g/mol. The molecule has 1 aromatic carbocycles. The maximum absolute atomic E-state index is 12.6. The van der Waals surface area contributed by atoms with Crippen molar-refractivity contribution >= 4 is 54.0 Å². The summed E-state index contributed by atoms with van der Waals surface area (Å²) in [5, 5.41) is 13.3. The van der Waals surface area contributed by atoms with Gasteiger partial charge in [0.15, 0.2) is 0 Å². The van der Waals surface area contributed by atoms with Crippen LogP contribution in [0.3, 0.4) is 0 Å². The van der Waals surface area contributed by atoms with E-state index in [2.05, 4.69) is 17.4 Å². The molecular formula is C19H20N2O3S2. The Bertz CT molecular complexity index is 972. The summed E-state index contributed by atoms with van der Waals surface area (Å²) in [5.41, 5.74) is 0. The number of hydrogen-bond acceptors (Lipinski definition) is 5. The molecular weight excluding hydrogens is 368 g/mol. The van der Waals surface area contributed by atoms with E-state index in [-0.39, 0.29) is 24.5 Å². The van der Waals surface area contributed by atoms with Crippen molar-refractivity contribution in [2.75, 3.05) is 13.1 Å². The number of carboxylic acids is 1. The molecule has 26 heavy (non-hydrogen) atoms. The van der Waals surface area contributed by atoms with E-state index in [1.54, 1.807) is 22.7 Å². The third-order valence-corrected chi connectivity index (χ3v) is 7.40. The van der Waals surface area contributed by atoms with Gasteiger partial charge in [0.25, 0.3) is 5.91 Å². The van der Waals surface area contributed by atoms with Gasteiger partial charge < -0.3 is 10.4 Å². The van der Waals surface area contributed by atoms with Gasteiger partial charge in [0.2, 0.25) is 0 Å². The second-order valence-electron chi connectivity index (χ2n) is 6.65. The van der Waals surface area contributed by atoms with Crippen molar-refractivity contribution in [2.45, 2.75) is 31.8 Å². The Balaban J connectivity index is 1.40. The van der Waals surface area contributed by atoms with Crippen LogP contribution in [0.5, 0.6) is 0 Å². The molecule has 0 bridgehead atoms. The maximum atomic E-state index is 12.6. The number of carboxylic acid groups (broad SMARTS) is 1. The highest BCUT2D eigenvalue weighted by molar-refractivity contribution is 7.33. The molecule has 5 nitrogen and oxygen atoms in total. The van der Waals surface area contributed by atoms with E-state index >= 15 is 0 Å². The number of rotatable bonds is 6. The number of benzene rings is 1. The summed E-state index contributed by atoms with van der Waals surface area (Å²) in [5.74, 6) is -0.822. The van der Waals surface area contributed by atoms with E-state index in [1.165, 1.54) is 14.8 Å². The summed E-state index contributed by atoms with van der Waals surface area (Å²) in [6.07, 6.45) is 1.63. The van der Waals surface area contributed by atoms with Gasteiger partial charge in [0, 0.05) is 26.9 Å². The minimum Gasteiger partial charge on any atom is -0.480 e. The third-order valence-electron chi connectivity index (χ3n) is 4.98. The van der Waals surface area contributed by atoms with E-state index in [1.807, 2.05) is 30.0 Å². The summed E-state index contributed by atoms with van der Waals surface area (Å²) in [4.78, 5) is 26.2. The van der Waals surface area contributed by atoms with Crippen LogP contribution in [0.15, 0.2) is 30.3 Å². The zero-order valence-electron chi connectivity index (χ0n) is 14.4. The maximum Gasteiger partial charge on any atom is 0.317 e. The minimum absolute atomic E-state index is 0.0211. The van der Waals surface area contributed by atoms with Crippen LogP contribution in [0.1, 0.15) is 29.4 Å². The normalized spacial score (nSPS) is 19.8. The topological polar surface area (TPSA) is 69.6 Å². The van der Waals surface area contributed by atoms with E-state index in [0.717, 1.165) is 22.4 Å². The van der Waals surface area contributed by atoms with Gasteiger partial charge in [0.1, 0.15) is 0 Å². The number of hydrogen-bond donors (Lipinski definition) is 2. The Morgan fingerprint density at radius 2 is 2.00 bits per heavy atom. The summed E-state index contributed by atoms with van der Waals surface area (Å²) < 4.78 is 3.59. The highest BCUT2D eigenvalue weighted by Gasteiger charge is 2.35. The number of likely N-dealkylation sites (N-methyl/N-ethyl adjacent to an activating group) is 1. The molecule has 0 atom stereocenters. The smallest absolute Gasteiger partial charge is 0.317 e. The molecule has 1 aliphatic rings. The van der Waals surface area contributed by atoms with Gasteiger partial charge in [-0.05, 0) is 31.5 Å². The van der Waals surface area contributed by atoms with Gasteiger partial charge in [0.05, 0.1) is 16.1 Å². The molecule has 0 unspecified atom stereocenters. The molecule has 0 aliphatic heterocycles. The zero-order valence-corrected chi connectivity index (χ0v) is 16.0. The van der Waals surface area contributed by atoms with Crippen molar-refractivity contribution in [1.82, 2.24) is 10.2 Å². The number of carbonyl (C=O) groups is 2. The van der Waals surface area contributed by atoms with Crippen molar-refractivity contribution in [3.05, 3.63) is 35.2 Å². The predicted octanol–water partition coefficient (Wildman–Crippen LogP) is 3.78. The molecule has 0 spiro atoms. The van der Waals surface area contributed by atoms with Crippen molar-refractivity contribution in [3.8, 4) is 0 Å². The first kappa shape index (κ1) is 17.5. The number of fused-ring (bicyclic) bond motifs is 3. The zero-order chi connectivity index (χ0) is 18.3. The third kappa shape index (κ3) is 3.22. The van der Waals surface area contributed by atoms with Gasteiger partial charge in [-0.1, -0.05) is 25.1 Å². The van der Waals surface area contributed by atoms with Gasteiger partial charge in [-0.25, -0.2) is 0 Å². The van der Waals surface area contributed by atoms with Crippen LogP contribution in [-0.4, -0.2) is 47.1 Å². The lowest BCUT2D eigenvalue weighted by molar-refractivity contribution is -0.139. The van der Waals surface area contributed by atoms with Crippen molar-refractivity contribution in [2.24, 2.45) is 0 Å².